The molecule has 0 unspecified atom stereocenters. The standard InChI is InChI=1S/C14H20N2O2S/c1-3-14(4-2,12-15)16-19(17,18)11-10-13-8-6-5-7-9-13/h5-9,16H,3-4,10-11H2,1-2H3. The highest BCUT2D eigenvalue weighted by molar-refractivity contribution is 7.89. The fourth-order valence-electron chi connectivity index (χ4n) is 1.82. The van der Waals surface area contributed by atoms with Crippen LogP contribution in [0.4, 0.5) is 0 Å². The van der Waals surface area contributed by atoms with E-state index in [0.717, 1.165) is 5.56 Å². The second-order valence-electron chi connectivity index (χ2n) is 4.56. The van der Waals surface area contributed by atoms with Crippen molar-refractivity contribution < 1.29 is 8.42 Å². The number of aryl methyl sites for hydroxylation is 1. The van der Waals surface area contributed by atoms with Crippen molar-refractivity contribution in [3.8, 4) is 6.07 Å². The first-order chi connectivity index (χ1) is 8.97. The van der Waals surface area contributed by atoms with Crippen molar-refractivity contribution >= 4 is 10.0 Å². The largest absolute Gasteiger partial charge is 0.213 e. The topological polar surface area (TPSA) is 70.0 Å². The van der Waals surface area contributed by atoms with Crippen LogP contribution >= 0.6 is 0 Å². The molecular weight excluding hydrogens is 260 g/mol. The Labute approximate surface area is 115 Å². The number of hydrogen-bond donors (Lipinski definition) is 1. The van der Waals surface area contributed by atoms with Gasteiger partial charge in [-0.25, -0.2) is 8.42 Å². The van der Waals surface area contributed by atoms with E-state index in [2.05, 4.69) is 10.8 Å². The summed E-state index contributed by atoms with van der Waals surface area (Å²) in [7, 11) is -3.45. The number of rotatable bonds is 7. The van der Waals surface area contributed by atoms with Gasteiger partial charge >= 0.3 is 0 Å². The highest BCUT2D eigenvalue weighted by Crippen LogP contribution is 2.15. The van der Waals surface area contributed by atoms with Gasteiger partial charge in [0, 0.05) is 0 Å². The highest BCUT2D eigenvalue weighted by Gasteiger charge is 2.30. The second-order valence-corrected chi connectivity index (χ2v) is 6.40. The second kappa shape index (κ2) is 6.69. The van der Waals surface area contributed by atoms with Gasteiger partial charge in [-0.15, -0.1) is 0 Å². The van der Waals surface area contributed by atoms with E-state index in [1.165, 1.54) is 0 Å². The molecule has 0 aliphatic carbocycles. The molecule has 0 aliphatic rings. The summed E-state index contributed by atoms with van der Waals surface area (Å²) in [4.78, 5) is 0. The molecule has 0 bridgehead atoms. The summed E-state index contributed by atoms with van der Waals surface area (Å²) in [5, 5.41) is 9.15. The number of hydrogen-bond acceptors (Lipinski definition) is 3. The van der Waals surface area contributed by atoms with Crippen molar-refractivity contribution in [1.29, 1.82) is 5.26 Å². The molecule has 0 saturated carbocycles. The molecule has 5 heteroatoms. The molecule has 19 heavy (non-hydrogen) atoms. The molecule has 0 saturated heterocycles. The summed E-state index contributed by atoms with van der Waals surface area (Å²) in [6.45, 7) is 3.62. The van der Waals surface area contributed by atoms with Crippen LogP contribution in [0.25, 0.3) is 0 Å². The zero-order valence-electron chi connectivity index (χ0n) is 11.4. The first-order valence-corrected chi connectivity index (χ1v) is 8.09. The molecule has 0 aromatic heterocycles. The fraction of sp³-hybridized carbons (Fsp3) is 0.500. The summed E-state index contributed by atoms with van der Waals surface area (Å²) in [6.07, 6.45) is 1.38. The molecule has 0 aliphatic heterocycles. The van der Waals surface area contributed by atoms with Crippen LogP contribution in [0.3, 0.4) is 0 Å². The summed E-state index contributed by atoms with van der Waals surface area (Å²) >= 11 is 0. The molecule has 1 aromatic carbocycles. The first kappa shape index (κ1) is 15.7. The Hall–Kier alpha value is -1.38. The molecule has 1 N–H and O–H groups in total. The zero-order valence-corrected chi connectivity index (χ0v) is 12.2. The Morgan fingerprint density at radius 1 is 1.21 bits per heavy atom. The highest BCUT2D eigenvalue weighted by atomic mass is 32.2. The molecule has 0 spiro atoms. The normalized spacial score (nSPS) is 12.1. The van der Waals surface area contributed by atoms with Crippen LogP contribution in [0.1, 0.15) is 32.3 Å². The van der Waals surface area contributed by atoms with E-state index >= 15 is 0 Å². The molecule has 0 radical (unpaired) electrons. The average Bonchev–Trinajstić information content (AvgIpc) is 2.44. The van der Waals surface area contributed by atoms with Crippen LogP contribution < -0.4 is 4.72 Å². The fourth-order valence-corrected chi connectivity index (χ4v) is 3.36. The number of nitrogens with zero attached hydrogens (tertiary/aromatic N) is 1. The quantitative estimate of drug-likeness (QED) is 0.832. The Kier molecular flexibility index (Phi) is 5.52. The minimum atomic E-state index is -3.45. The van der Waals surface area contributed by atoms with Gasteiger partial charge in [-0.3, -0.25) is 0 Å². The van der Waals surface area contributed by atoms with Gasteiger partial charge in [-0.05, 0) is 24.8 Å². The molecule has 0 fully saturated rings. The van der Waals surface area contributed by atoms with Crippen molar-refractivity contribution in [2.24, 2.45) is 0 Å². The summed E-state index contributed by atoms with van der Waals surface area (Å²) in [5.41, 5.74) is -0.00127. The first-order valence-electron chi connectivity index (χ1n) is 6.44. The predicted octanol–water partition coefficient (Wildman–Crippen LogP) is 2.23. The zero-order chi connectivity index (χ0) is 14.4. The predicted molar refractivity (Wildman–Crippen MR) is 76.0 cm³/mol. The minimum Gasteiger partial charge on any atom is -0.212 e. The third-order valence-corrected chi connectivity index (χ3v) is 4.72. The van der Waals surface area contributed by atoms with E-state index in [9.17, 15) is 8.42 Å². The summed E-state index contributed by atoms with van der Waals surface area (Å²) < 4.78 is 26.6. The van der Waals surface area contributed by atoms with Gasteiger partial charge < -0.3 is 0 Å². The molecule has 4 nitrogen and oxygen atoms in total. The Morgan fingerprint density at radius 2 is 1.79 bits per heavy atom. The number of nitriles is 1. The van der Waals surface area contributed by atoms with Gasteiger partial charge in [0.15, 0.2) is 0 Å². The molecule has 1 aromatic rings. The Bertz CT molecular complexity index is 528. The van der Waals surface area contributed by atoms with Crippen LogP contribution in [0, 0.1) is 11.3 Å². The van der Waals surface area contributed by atoms with E-state index in [1.807, 2.05) is 44.2 Å². The van der Waals surface area contributed by atoms with Crippen LogP contribution in [0.2, 0.25) is 0 Å². The monoisotopic (exact) mass is 280 g/mol. The van der Waals surface area contributed by atoms with Crippen molar-refractivity contribution in [2.45, 2.75) is 38.6 Å². The van der Waals surface area contributed by atoms with Crippen LogP contribution in [-0.2, 0) is 16.4 Å². The minimum absolute atomic E-state index is 0.000440. The van der Waals surface area contributed by atoms with Crippen LogP contribution in [0.5, 0.6) is 0 Å². The number of sulfonamides is 1. The van der Waals surface area contributed by atoms with Gasteiger partial charge in [-0.2, -0.15) is 9.98 Å². The maximum absolute atomic E-state index is 12.0. The number of nitrogens with one attached hydrogen (secondary N) is 1. The molecule has 104 valence electrons. The molecular formula is C14H20N2O2S. The molecule has 0 amide bonds. The van der Waals surface area contributed by atoms with Gasteiger partial charge in [0.05, 0.1) is 11.8 Å². The third kappa shape index (κ3) is 4.66. The van der Waals surface area contributed by atoms with Crippen molar-refractivity contribution in [1.82, 2.24) is 4.72 Å². The van der Waals surface area contributed by atoms with E-state index in [-0.39, 0.29) is 5.75 Å². The third-order valence-electron chi connectivity index (χ3n) is 3.27. The SMILES string of the molecule is CCC(C#N)(CC)NS(=O)(=O)CCc1ccccc1. The molecule has 1 rings (SSSR count). The average molecular weight is 280 g/mol. The smallest absolute Gasteiger partial charge is 0.212 e. The van der Waals surface area contributed by atoms with Crippen LogP contribution in [-0.4, -0.2) is 19.7 Å². The lowest BCUT2D eigenvalue weighted by molar-refractivity contribution is 0.446. The summed E-state index contributed by atoms with van der Waals surface area (Å²) in [6, 6.07) is 11.5. The van der Waals surface area contributed by atoms with E-state index < -0.39 is 15.6 Å². The van der Waals surface area contributed by atoms with Crippen molar-refractivity contribution in [3.05, 3.63) is 35.9 Å². The summed E-state index contributed by atoms with van der Waals surface area (Å²) in [5.74, 6) is 0.000440. The molecule has 0 atom stereocenters. The van der Waals surface area contributed by atoms with Crippen LogP contribution in [0.15, 0.2) is 30.3 Å². The van der Waals surface area contributed by atoms with Gasteiger partial charge in [-0.1, -0.05) is 44.2 Å². The Morgan fingerprint density at radius 3 is 2.26 bits per heavy atom. The van der Waals surface area contributed by atoms with E-state index in [4.69, 9.17) is 5.26 Å². The van der Waals surface area contributed by atoms with Gasteiger partial charge in [0.1, 0.15) is 5.54 Å². The lowest BCUT2D eigenvalue weighted by Gasteiger charge is -2.24. The maximum Gasteiger partial charge on any atom is 0.213 e. The number of benzene rings is 1. The molecule has 0 heterocycles. The van der Waals surface area contributed by atoms with E-state index in [1.54, 1.807) is 0 Å². The lowest BCUT2D eigenvalue weighted by atomic mass is 9.97. The van der Waals surface area contributed by atoms with Crippen molar-refractivity contribution in [3.63, 3.8) is 0 Å². The van der Waals surface area contributed by atoms with Gasteiger partial charge in [0.25, 0.3) is 0 Å². The van der Waals surface area contributed by atoms with Crippen molar-refractivity contribution in [2.75, 3.05) is 5.75 Å². The van der Waals surface area contributed by atoms with Gasteiger partial charge in [0.2, 0.25) is 10.0 Å². The lowest BCUT2D eigenvalue weighted by Crippen LogP contribution is -2.47. The maximum atomic E-state index is 12.0. The Balaban J connectivity index is 2.70. The van der Waals surface area contributed by atoms with E-state index in [0.29, 0.717) is 19.3 Å².